The summed E-state index contributed by atoms with van der Waals surface area (Å²) in [6.07, 6.45) is -3.60. The van der Waals surface area contributed by atoms with E-state index in [1.54, 1.807) is 12.1 Å². The third-order valence-electron chi connectivity index (χ3n) is 4.70. The van der Waals surface area contributed by atoms with E-state index in [1.807, 2.05) is 30.3 Å². The highest BCUT2D eigenvalue weighted by molar-refractivity contribution is 7.92. The number of aromatic nitrogens is 1. The number of pyridine rings is 1. The van der Waals surface area contributed by atoms with E-state index < -0.39 is 32.9 Å². The second-order valence-electron chi connectivity index (χ2n) is 6.50. The van der Waals surface area contributed by atoms with Gasteiger partial charge in [-0.3, -0.25) is 4.98 Å². The number of alkyl halides is 3. The molecular formula is C18H18F3NO2S. The van der Waals surface area contributed by atoms with Crippen molar-refractivity contribution in [2.24, 2.45) is 0 Å². The van der Waals surface area contributed by atoms with Crippen molar-refractivity contribution in [1.29, 1.82) is 0 Å². The lowest BCUT2D eigenvalue weighted by molar-refractivity contribution is -0.146. The summed E-state index contributed by atoms with van der Waals surface area (Å²) in [4.78, 5) is 4.22. The summed E-state index contributed by atoms with van der Waals surface area (Å²) in [5.74, 6) is -0.397. The largest absolute Gasteiger partial charge is 0.390 e. The molecule has 1 aromatic heterocycles. The number of halogens is 3. The van der Waals surface area contributed by atoms with Crippen LogP contribution in [0, 0.1) is 0 Å². The lowest BCUT2D eigenvalue weighted by Crippen LogP contribution is -2.48. The van der Waals surface area contributed by atoms with Crippen LogP contribution in [-0.2, 0) is 15.6 Å². The second kappa shape index (κ2) is 6.44. The first-order chi connectivity index (χ1) is 11.7. The zero-order valence-corrected chi connectivity index (χ0v) is 14.3. The minimum Gasteiger partial charge on any atom is -0.256 e. The predicted molar refractivity (Wildman–Crippen MR) is 89.6 cm³/mol. The third kappa shape index (κ3) is 3.86. The molecule has 1 saturated carbocycles. The fraction of sp³-hybridized carbons (Fsp3) is 0.389. The van der Waals surface area contributed by atoms with Gasteiger partial charge in [-0.1, -0.05) is 36.8 Å². The van der Waals surface area contributed by atoms with Crippen molar-refractivity contribution < 1.29 is 21.6 Å². The van der Waals surface area contributed by atoms with Gasteiger partial charge >= 0.3 is 6.18 Å². The zero-order chi connectivity index (χ0) is 18.1. The van der Waals surface area contributed by atoms with Crippen LogP contribution in [0.4, 0.5) is 13.2 Å². The van der Waals surface area contributed by atoms with Crippen LogP contribution in [0.5, 0.6) is 0 Å². The maximum atomic E-state index is 12.9. The molecule has 2 aromatic rings. The van der Waals surface area contributed by atoms with Crippen LogP contribution in [0.15, 0.2) is 48.7 Å². The Morgan fingerprint density at radius 2 is 1.76 bits per heavy atom. The first kappa shape index (κ1) is 17.9. The molecule has 0 N–H and O–H groups in total. The Hall–Kier alpha value is -1.89. The van der Waals surface area contributed by atoms with E-state index in [0.29, 0.717) is 17.7 Å². The van der Waals surface area contributed by atoms with Crippen LogP contribution >= 0.6 is 0 Å². The van der Waals surface area contributed by atoms with E-state index in [9.17, 15) is 21.6 Å². The van der Waals surface area contributed by atoms with Crippen LogP contribution in [0.25, 0.3) is 11.3 Å². The normalized spacial score (nSPS) is 17.1. The van der Waals surface area contributed by atoms with Gasteiger partial charge in [-0.25, -0.2) is 8.42 Å². The number of benzene rings is 1. The molecule has 1 fully saturated rings. The van der Waals surface area contributed by atoms with Gasteiger partial charge in [0.05, 0.1) is 22.6 Å². The zero-order valence-electron chi connectivity index (χ0n) is 13.5. The Bertz CT molecular complexity index is 844. The molecule has 7 heteroatoms. The summed E-state index contributed by atoms with van der Waals surface area (Å²) in [7, 11) is -3.92. The molecule has 25 heavy (non-hydrogen) atoms. The SMILES string of the molecule is O=S(=O)(Cc1ccnc(-c2ccccc2)c1)C1(CC(F)(F)F)CCC1. The summed E-state index contributed by atoms with van der Waals surface area (Å²) in [6, 6.07) is 12.4. The van der Waals surface area contributed by atoms with Gasteiger partial charge in [0.25, 0.3) is 0 Å². The molecule has 0 unspecified atom stereocenters. The van der Waals surface area contributed by atoms with Crippen molar-refractivity contribution in [1.82, 2.24) is 4.98 Å². The highest BCUT2D eigenvalue weighted by atomic mass is 32.2. The molecule has 1 aliphatic carbocycles. The molecule has 3 rings (SSSR count). The minimum absolute atomic E-state index is 0.0749. The highest BCUT2D eigenvalue weighted by Crippen LogP contribution is 2.48. The smallest absolute Gasteiger partial charge is 0.256 e. The average molecular weight is 369 g/mol. The Labute approximate surface area is 144 Å². The van der Waals surface area contributed by atoms with Crippen molar-refractivity contribution in [2.45, 2.75) is 42.4 Å². The van der Waals surface area contributed by atoms with E-state index in [1.165, 1.54) is 6.20 Å². The monoisotopic (exact) mass is 369 g/mol. The van der Waals surface area contributed by atoms with Crippen LogP contribution < -0.4 is 0 Å². The number of hydrogen-bond acceptors (Lipinski definition) is 3. The summed E-state index contributed by atoms with van der Waals surface area (Å²) in [5, 5.41) is 0. The fourth-order valence-electron chi connectivity index (χ4n) is 3.24. The Balaban J connectivity index is 1.86. The van der Waals surface area contributed by atoms with Gasteiger partial charge in [-0.15, -0.1) is 0 Å². The highest BCUT2D eigenvalue weighted by Gasteiger charge is 2.54. The quantitative estimate of drug-likeness (QED) is 0.777. The molecular weight excluding hydrogens is 351 g/mol. The average Bonchev–Trinajstić information content (AvgIpc) is 2.50. The molecule has 0 radical (unpaired) electrons. The number of nitrogens with zero attached hydrogens (tertiary/aromatic N) is 1. The van der Waals surface area contributed by atoms with Crippen LogP contribution in [0.1, 0.15) is 31.2 Å². The van der Waals surface area contributed by atoms with E-state index in [-0.39, 0.29) is 12.8 Å². The number of rotatable bonds is 5. The molecule has 134 valence electrons. The second-order valence-corrected chi connectivity index (χ2v) is 8.89. The topological polar surface area (TPSA) is 47.0 Å². The maximum Gasteiger partial charge on any atom is 0.390 e. The van der Waals surface area contributed by atoms with Crippen molar-refractivity contribution in [3.05, 3.63) is 54.2 Å². The fourth-order valence-corrected chi connectivity index (χ4v) is 5.46. The third-order valence-corrected chi connectivity index (χ3v) is 7.28. The first-order valence-corrected chi connectivity index (χ1v) is 9.65. The standard InChI is InChI=1S/C18H18F3NO2S/c19-18(20,21)13-17(8-4-9-17)25(23,24)12-14-7-10-22-16(11-14)15-5-2-1-3-6-15/h1-3,5-7,10-11H,4,8-9,12-13H2. The maximum absolute atomic E-state index is 12.9. The van der Waals surface area contributed by atoms with Crippen LogP contribution in [0.2, 0.25) is 0 Å². The number of hydrogen-bond donors (Lipinski definition) is 0. The van der Waals surface area contributed by atoms with Crippen LogP contribution in [0.3, 0.4) is 0 Å². The molecule has 3 nitrogen and oxygen atoms in total. The Morgan fingerprint density at radius 3 is 2.32 bits per heavy atom. The lowest BCUT2D eigenvalue weighted by Gasteiger charge is -2.41. The molecule has 0 saturated heterocycles. The predicted octanol–water partition coefficient (Wildman–Crippen LogP) is 4.54. The molecule has 1 aromatic carbocycles. The molecule has 0 spiro atoms. The van der Waals surface area contributed by atoms with Gasteiger partial charge in [0.2, 0.25) is 0 Å². The van der Waals surface area contributed by atoms with E-state index in [4.69, 9.17) is 0 Å². The van der Waals surface area contributed by atoms with E-state index in [0.717, 1.165) is 5.56 Å². The van der Waals surface area contributed by atoms with Gasteiger partial charge < -0.3 is 0 Å². The van der Waals surface area contributed by atoms with Gasteiger partial charge in [-0.05, 0) is 30.5 Å². The summed E-state index contributed by atoms with van der Waals surface area (Å²) < 4.78 is 62.3. The van der Waals surface area contributed by atoms with Crippen molar-refractivity contribution >= 4 is 9.84 Å². The molecule has 0 bridgehead atoms. The number of sulfone groups is 1. The van der Waals surface area contributed by atoms with Crippen molar-refractivity contribution in [3.63, 3.8) is 0 Å². The van der Waals surface area contributed by atoms with Gasteiger partial charge in [-0.2, -0.15) is 13.2 Å². The lowest BCUT2D eigenvalue weighted by atomic mass is 9.81. The summed E-state index contributed by atoms with van der Waals surface area (Å²) >= 11 is 0. The van der Waals surface area contributed by atoms with E-state index >= 15 is 0 Å². The summed E-state index contributed by atoms with van der Waals surface area (Å²) in [5.41, 5.74) is 1.89. The van der Waals surface area contributed by atoms with Gasteiger partial charge in [0.15, 0.2) is 9.84 Å². The minimum atomic E-state index is -4.49. The van der Waals surface area contributed by atoms with Gasteiger partial charge in [0, 0.05) is 11.8 Å². The Kier molecular flexibility index (Phi) is 4.62. The molecule has 0 aliphatic heterocycles. The van der Waals surface area contributed by atoms with E-state index in [2.05, 4.69) is 4.98 Å². The molecule has 1 aliphatic rings. The Morgan fingerprint density at radius 1 is 1.08 bits per heavy atom. The summed E-state index contributed by atoms with van der Waals surface area (Å²) in [6.45, 7) is 0. The molecule has 0 atom stereocenters. The van der Waals surface area contributed by atoms with Crippen LogP contribution in [-0.4, -0.2) is 24.3 Å². The first-order valence-electron chi connectivity index (χ1n) is 8.00. The van der Waals surface area contributed by atoms with Crippen molar-refractivity contribution in [2.75, 3.05) is 0 Å². The van der Waals surface area contributed by atoms with Gasteiger partial charge in [0.1, 0.15) is 0 Å². The molecule has 0 amide bonds. The van der Waals surface area contributed by atoms with Crippen molar-refractivity contribution in [3.8, 4) is 11.3 Å². The molecule has 1 heterocycles.